The molecule has 0 radical (unpaired) electrons. The van der Waals surface area contributed by atoms with E-state index in [9.17, 15) is 9.59 Å². The first kappa shape index (κ1) is 17.5. The third-order valence-electron chi connectivity index (χ3n) is 2.61. The maximum atomic E-state index is 11.6. The summed E-state index contributed by atoms with van der Waals surface area (Å²) in [6.07, 6.45) is 0.803. The second-order valence-corrected chi connectivity index (χ2v) is 6.32. The molecule has 7 nitrogen and oxygen atoms in total. The Bertz CT molecular complexity index is 675. The van der Waals surface area contributed by atoms with Gasteiger partial charge in [-0.15, -0.1) is 10.2 Å². The number of nitrogens with zero attached hydrogens (tertiary/aromatic N) is 2. The number of rotatable bonds is 6. The Morgan fingerprint density at radius 2 is 2.00 bits per heavy atom. The molecule has 0 saturated carbocycles. The number of hydrogen-bond acceptors (Lipinski definition) is 6. The van der Waals surface area contributed by atoms with Gasteiger partial charge in [0.15, 0.2) is 0 Å². The summed E-state index contributed by atoms with van der Waals surface area (Å²) in [5, 5.41) is 12.9. The van der Waals surface area contributed by atoms with Gasteiger partial charge in [0.1, 0.15) is 0 Å². The van der Waals surface area contributed by atoms with Gasteiger partial charge in [-0.1, -0.05) is 34.6 Å². The van der Waals surface area contributed by atoms with Crippen LogP contribution in [0.15, 0.2) is 38.4 Å². The van der Waals surface area contributed by atoms with Crippen LogP contribution in [0.4, 0.5) is 4.79 Å². The van der Waals surface area contributed by atoms with Crippen molar-refractivity contribution in [3.05, 3.63) is 28.7 Å². The first-order valence-electron chi connectivity index (χ1n) is 6.88. The van der Waals surface area contributed by atoms with Crippen LogP contribution in [0.25, 0.3) is 11.5 Å². The van der Waals surface area contributed by atoms with Crippen LogP contribution in [0.2, 0.25) is 0 Å². The minimum absolute atomic E-state index is 0.0154. The number of nitrogens with one attached hydrogen (secondary N) is 2. The van der Waals surface area contributed by atoms with Crippen molar-refractivity contribution in [1.29, 1.82) is 0 Å². The third-order valence-corrected chi connectivity index (χ3v) is 3.96. The van der Waals surface area contributed by atoms with Crippen molar-refractivity contribution in [1.82, 2.24) is 20.8 Å². The molecule has 0 saturated heterocycles. The average Bonchev–Trinajstić information content (AvgIpc) is 3.00. The largest absolute Gasteiger partial charge is 0.411 e. The summed E-state index contributed by atoms with van der Waals surface area (Å²) >= 11 is 4.42. The molecule has 0 aliphatic carbocycles. The molecule has 0 atom stereocenters. The minimum atomic E-state index is -0.501. The summed E-state index contributed by atoms with van der Waals surface area (Å²) in [7, 11) is 0. The Labute approximate surface area is 145 Å². The summed E-state index contributed by atoms with van der Waals surface area (Å²) < 4.78 is 6.43. The quantitative estimate of drug-likeness (QED) is 0.726. The number of thioether (sulfide) groups is 1. The Balaban J connectivity index is 1.84. The highest BCUT2D eigenvalue weighted by atomic mass is 79.9. The topological polar surface area (TPSA) is 97.1 Å². The summed E-state index contributed by atoms with van der Waals surface area (Å²) in [6.45, 7) is 2.45. The number of carbonyl (C=O) groups is 2. The van der Waals surface area contributed by atoms with Gasteiger partial charge in [-0.2, -0.15) is 0 Å². The van der Waals surface area contributed by atoms with E-state index in [0.29, 0.717) is 12.4 Å². The van der Waals surface area contributed by atoms with Crippen LogP contribution in [0.3, 0.4) is 0 Å². The average molecular weight is 399 g/mol. The zero-order valence-corrected chi connectivity index (χ0v) is 14.7. The molecule has 23 heavy (non-hydrogen) atoms. The van der Waals surface area contributed by atoms with Crippen molar-refractivity contribution >= 4 is 39.6 Å². The standard InChI is InChI=1S/C14H15BrN4O3S/c1-2-7-16-13(21)17-11(20)8-23-14-19-18-12(22-14)9-3-5-10(15)6-4-9/h3-6H,2,7-8H2,1H3,(H2,16,17,20,21). The molecule has 0 unspecified atom stereocenters. The Hall–Kier alpha value is -1.87. The van der Waals surface area contributed by atoms with E-state index in [4.69, 9.17) is 4.42 Å². The normalized spacial score (nSPS) is 10.3. The number of aromatic nitrogens is 2. The monoisotopic (exact) mass is 398 g/mol. The van der Waals surface area contributed by atoms with Gasteiger partial charge in [-0.3, -0.25) is 10.1 Å². The van der Waals surface area contributed by atoms with Crippen LogP contribution >= 0.6 is 27.7 Å². The van der Waals surface area contributed by atoms with E-state index in [1.165, 1.54) is 0 Å². The maximum Gasteiger partial charge on any atom is 0.321 e. The number of halogens is 1. The molecule has 2 aromatic rings. The highest BCUT2D eigenvalue weighted by Gasteiger charge is 2.12. The number of benzene rings is 1. The molecule has 0 fully saturated rings. The van der Waals surface area contributed by atoms with Crippen LogP contribution in [0.1, 0.15) is 13.3 Å². The number of urea groups is 1. The summed E-state index contributed by atoms with van der Waals surface area (Å²) in [6, 6.07) is 6.93. The molecule has 0 aliphatic rings. The maximum absolute atomic E-state index is 11.6. The molecule has 0 aliphatic heterocycles. The summed E-state index contributed by atoms with van der Waals surface area (Å²) in [4.78, 5) is 22.9. The Kier molecular flexibility index (Phi) is 6.60. The fourth-order valence-electron chi connectivity index (χ4n) is 1.55. The Morgan fingerprint density at radius 3 is 2.70 bits per heavy atom. The van der Waals surface area contributed by atoms with E-state index in [0.717, 1.165) is 28.2 Å². The van der Waals surface area contributed by atoms with E-state index >= 15 is 0 Å². The van der Waals surface area contributed by atoms with Crippen molar-refractivity contribution < 1.29 is 14.0 Å². The molecule has 2 rings (SSSR count). The highest BCUT2D eigenvalue weighted by molar-refractivity contribution is 9.10. The lowest BCUT2D eigenvalue weighted by molar-refractivity contribution is -0.117. The van der Waals surface area contributed by atoms with E-state index in [1.54, 1.807) is 0 Å². The predicted molar refractivity (Wildman–Crippen MR) is 90.0 cm³/mol. The fourth-order valence-corrected chi connectivity index (χ4v) is 2.38. The van der Waals surface area contributed by atoms with E-state index in [1.807, 2.05) is 31.2 Å². The SMILES string of the molecule is CCCNC(=O)NC(=O)CSc1nnc(-c2ccc(Br)cc2)o1. The van der Waals surface area contributed by atoms with Gasteiger partial charge in [0.25, 0.3) is 5.22 Å². The summed E-state index contributed by atoms with van der Waals surface area (Å²) in [5.74, 6) is -0.0327. The molecule has 1 aromatic carbocycles. The van der Waals surface area contributed by atoms with Gasteiger partial charge in [0.2, 0.25) is 11.8 Å². The molecule has 0 bridgehead atoms. The van der Waals surface area contributed by atoms with Crippen LogP contribution in [-0.4, -0.2) is 34.4 Å². The van der Waals surface area contributed by atoms with Gasteiger partial charge in [0, 0.05) is 16.6 Å². The predicted octanol–water partition coefficient (Wildman–Crippen LogP) is 2.83. The fraction of sp³-hybridized carbons (Fsp3) is 0.286. The van der Waals surface area contributed by atoms with Crippen molar-refractivity contribution in [2.75, 3.05) is 12.3 Å². The van der Waals surface area contributed by atoms with Crippen molar-refractivity contribution in [3.63, 3.8) is 0 Å². The van der Waals surface area contributed by atoms with Gasteiger partial charge in [0.05, 0.1) is 5.75 Å². The van der Waals surface area contributed by atoms with E-state index in [2.05, 4.69) is 36.8 Å². The lowest BCUT2D eigenvalue weighted by atomic mass is 10.2. The summed E-state index contributed by atoms with van der Waals surface area (Å²) in [5.41, 5.74) is 0.788. The van der Waals surface area contributed by atoms with Crippen molar-refractivity contribution in [2.24, 2.45) is 0 Å². The molecule has 122 valence electrons. The molecule has 1 aromatic heterocycles. The molecular weight excluding hydrogens is 384 g/mol. The first-order chi connectivity index (χ1) is 11.1. The Morgan fingerprint density at radius 1 is 1.26 bits per heavy atom. The zero-order valence-electron chi connectivity index (χ0n) is 12.3. The van der Waals surface area contributed by atoms with Gasteiger partial charge >= 0.3 is 6.03 Å². The van der Waals surface area contributed by atoms with Gasteiger partial charge in [-0.05, 0) is 30.7 Å². The minimum Gasteiger partial charge on any atom is -0.411 e. The van der Waals surface area contributed by atoms with E-state index in [-0.39, 0.29) is 11.0 Å². The second-order valence-electron chi connectivity index (χ2n) is 4.47. The molecular formula is C14H15BrN4O3S. The van der Waals surface area contributed by atoms with Crippen LogP contribution in [0.5, 0.6) is 0 Å². The second kappa shape index (κ2) is 8.68. The number of amides is 3. The van der Waals surface area contributed by atoms with Crippen LogP contribution in [0, 0.1) is 0 Å². The molecule has 9 heteroatoms. The van der Waals surface area contributed by atoms with Crippen molar-refractivity contribution in [2.45, 2.75) is 18.6 Å². The lowest BCUT2D eigenvalue weighted by Crippen LogP contribution is -2.40. The van der Waals surface area contributed by atoms with E-state index < -0.39 is 11.9 Å². The number of hydrogen-bond donors (Lipinski definition) is 2. The molecule has 3 amide bonds. The van der Waals surface area contributed by atoms with Crippen LogP contribution < -0.4 is 10.6 Å². The third kappa shape index (κ3) is 5.68. The van der Waals surface area contributed by atoms with Crippen molar-refractivity contribution in [3.8, 4) is 11.5 Å². The first-order valence-corrected chi connectivity index (χ1v) is 8.66. The number of imide groups is 1. The van der Waals surface area contributed by atoms with Gasteiger partial charge in [-0.25, -0.2) is 4.79 Å². The molecule has 2 N–H and O–H groups in total. The highest BCUT2D eigenvalue weighted by Crippen LogP contribution is 2.24. The number of carbonyl (C=O) groups excluding carboxylic acids is 2. The smallest absolute Gasteiger partial charge is 0.321 e. The zero-order chi connectivity index (χ0) is 16.7. The van der Waals surface area contributed by atoms with Gasteiger partial charge < -0.3 is 9.73 Å². The molecule has 0 spiro atoms. The molecule has 1 heterocycles. The van der Waals surface area contributed by atoms with Crippen LogP contribution in [-0.2, 0) is 4.79 Å². The lowest BCUT2D eigenvalue weighted by Gasteiger charge is -2.04.